The van der Waals surface area contributed by atoms with Crippen molar-refractivity contribution < 1.29 is 9.59 Å². The lowest BCUT2D eigenvalue weighted by atomic mass is 10.2. The molecule has 1 aliphatic heterocycles. The number of rotatable bonds is 6. The number of fused-ring (bicyclic) bond motifs is 1. The van der Waals surface area contributed by atoms with Gasteiger partial charge in [-0.1, -0.05) is 0 Å². The smallest absolute Gasteiger partial charge is 0.262 e. The third-order valence-electron chi connectivity index (χ3n) is 4.86. The first kappa shape index (κ1) is 18.6. The van der Waals surface area contributed by atoms with Gasteiger partial charge in [-0.15, -0.1) is 11.3 Å². The predicted octanol–water partition coefficient (Wildman–Crippen LogP) is 1.59. The van der Waals surface area contributed by atoms with Gasteiger partial charge in [-0.05, 0) is 32.3 Å². The van der Waals surface area contributed by atoms with Crippen LogP contribution in [0.3, 0.4) is 0 Å². The Kier molecular flexibility index (Phi) is 5.70. The van der Waals surface area contributed by atoms with Crippen molar-refractivity contribution >= 4 is 33.4 Å². The Bertz CT molecular complexity index is 880. The molecule has 140 valence electrons. The summed E-state index contributed by atoms with van der Waals surface area (Å²) in [5.74, 6) is -0.0681. The van der Waals surface area contributed by atoms with Crippen LogP contribution in [0.4, 0.5) is 0 Å². The molecule has 1 fully saturated rings. The van der Waals surface area contributed by atoms with E-state index in [4.69, 9.17) is 0 Å². The van der Waals surface area contributed by atoms with Crippen molar-refractivity contribution in [1.29, 1.82) is 0 Å². The Hall–Kier alpha value is -2.22. The number of thiophene rings is 1. The molecular formula is C18H24N4O3S. The van der Waals surface area contributed by atoms with E-state index in [1.165, 1.54) is 22.2 Å². The molecule has 0 radical (unpaired) electrons. The van der Waals surface area contributed by atoms with Crippen LogP contribution in [0, 0.1) is 13.8 Å². The first-order valence-electron chi connectivity index (χ1n) is 8.97. The fraction of sp³-hybridized carbons (Fsp3) is 0.556. The molecule has 1 aliphatic rings. The largest absolute Gasteiger partial charge is 0.356 e. The highest BCUT2D eigenvalue weighted by molar-refractivity contribution is 7.18. The van der Waals surface area contributed by atoms with Gasteiger partial charge in [-0.3, -0.25) is 19.0 Å². The molecular weight excluding hydrogens is 352 g/mol. The summed E-state index contributed by atoms with van der Waals surface area (Å²) in [4.78, 5) is 44.5. The minimum absolute atomic E-state index is 0.0944. The summed E-state index contributed by atoms with van der Waals surface area (Å²) in [5.41, 5.74) is 0.857. The number of nitrogens with zero attached hydrogens (tertiary/aromatic N) is 3. The molecule has 7 nitrogen and oxygen atoms in total. The number of aryl methyl sites for hydroxylation is 3. The summed E-state index contributed by atoms with van der Waals surface area (Å²) < 4.78 is 1.48. The lowest BCUT2D eigenvalue weighted by Crippen LogP contribution is -2.33. The second kappa shape index (κ2) is 7.99. The maximum Gasteiger partial charge on any atom is 0.262 e. The van der Waals surface area contributed by atoms with Gasteiger partial charge in [-0.25, -0.2) is 4.98 Å². The quantitative estimate of drug-likeness (QED) is 0.830. The summed E-state index contributed by atoms with van der Waals surface area (Å²) in [6, 6.07) is 0. The molecule has 8 heteroatoms. The summed E-state index contributed by atoms with van der Waals surface area (Å²) in [6.45, 7) is 6.17. The molecule has 0 saturated carbocycles. The van der Waals surface area contributed by atoms with Crippen LogP contribution < -0.4 is 10.9 Å². The first-order chi connectivity index (χ1) is 12.5. The second-order valence-corrected chi connectivity index (χ2v) is 7.85. The van der Waals surface area contributed by atoms with Crippen molar-refractivity contribution in [2.75, 3.05) is 19.6 Å². The van der Waals surface area contributed by atoms with Crippen LogP contribution in [0.1, 0.15) is 36.1 Å². The summed E-state index contributed by atoms with van der Waals surface area (Å²) in [7, 11) is 0. The molecule has 26 heavy (non-hydrogen) atoms. The average molecular weight is 376 g/mol. The van der Waals surface area contributed by atoms with Crippen molar-refractivity contribution in [3.63, 3.8) is 0 Å². The molecule has 1 N–H and O–H groups in total. The highest BCUT2D eigenvalue weighted by Crippen LogP contribution is 2.25. The van der Waals surface area contributed by atoms with Crippen LogP contribution in [0.25, 0.3) is 10.2 Å². The average Bonchev–Trinajstić information content (AvgIpc) is 3.24. The van der Waals surface area contributed by atoms with Gasteiger partial charge >= 0.3 is 0 Å². The van der Waals surface area contributed by atoms with E-state index < -0.39 is 0 Å². The molecule has 1 saturated heterocycles. The van der Waals surface area contributed by atoms with Crippen molar-refractivity contribution in [3.05, 3.63) is 27.1 Å². The second-order valence-electron chi connectivity index (χ2n) is 6.64. The van der Waals surface area contributed by atoms with Crippen molar-refractivity contribution in [2.45, 2.75) is 46.1 Å². The highest BCUT2D eigenvalue weighted by Gasteiger charge is 2.17. The molecule has 2 amide bonds. The molecule has 3 heterocycles. The van der Waals surface area contributed by atoms with Crippen LogP contribution >= 0.6 is 11.3 Å². The molecule has 0 bridgehead atoms. The molecule has 0 atom stereocenters. The maximum atomic E-state index is 12.6. The number of carbonyl (C=O) groups excluding carboxylic acids is 2. The van der Waals surface area contributed by atoms with Crippen molar-refractivity contribution in [1.82, 2.24) is 19.8 Å². The van der Waals surface area contributed by atoms with Gasteiger partial charge in [-0.2, -0.15) is 0 Å². The van der Waals surface area contributed by atoms with Crippen LogP contribution in [-0.2, 0) is 16.1 Å². The number of amides is 2. The van der Waals surface area contributed by atoms with E-state index in [1.807, 2.05) is 18.7 Å². The third-order valence-corrected chi connectivity index (χ3v) is 5.97. The highest BCUT2D eigenvalue weighted by atomic mass is 32.1. The number of likely N-dealkylation sites (tertiary alicyclic amines) is 1. The normalized spacial score (nSPS) is 14.2. The third kappa shape index (κ3) is 3.95. The molecule has 0 aromatic carbocycles. The lowest BCUT2D eigenvalue weighted by molar-refractivity contribution is -0.130. The van der Waals surface area contributed by atoms with Gasteiger partial charge in [0.1, 0.15) is 4.83 Å². The zero-order valence-corrected chi connectivity index (χ0v) is 16.0. The van der Waals surface area contributed by atoms with E-state index in [2.05, 4.69) is 10.3 Å². The summed E-state index contributed by atoms with van der Waals surface area (Å²) in [6.07, 6.45) is 4.15. The zero-order chi connectivity index (χ0) is 18.7. The minimum Gasteiger partial charge on any atom is -0.356 e. The number of hydrogen-bond donors (Lipinski definition) is 1. The Morgan fingerprint density at radius 1 is 1.23 bits per heavy atom. The van der Waals surface area contributed by atoms with Crippen molar-refractivity contribution in [2.24, 2.45) is 0 Å². The Balaban J connectivity index is 1.50. The molecule has 3 rings (SSSR count). The molecule has 0 aliphatic carbocycles. The molecule has 0 spiro atoms. The van der Waals surface area contributed by atoms with Crippen LogP contribution in [0.15, 0.2) is 11.1 Å². The molecule has 0 unspecified atom stereocenters. The summed E-state index contributed by atoms with van der Waals surface area (Å²) >= 11 is 1.51. The topological polar surface area (TPSA) is 84.3 Å². The fourth-order valence-electron chi connectivity index (χ4n) is 3.17. The van der Waals surface area contributed by atoms with Gasteiger partial charge < -0.3 is 10.2 Å². The van der Waals surface area contributed by atoms with Crippen LogP contribution in [0.5, 0.6) is 0 Å². The van der Waals surface area contributed by atoms with Gasteiger partial charge in [0.05, 0.1) is 11.7 Å². The minimum atomic E-state index is -0.163. The number of hydrogen-bond acceptors (Lipinski definition) is 5. The van der Waals surface area contributed by atoms with Gasteiger partial charge in [0.25, 0.3) is 5.56 Å². The van der Waals surface area contributed by atoms with E-state index in [0.29, 0.717) is 18.4 Å². The Morgan fingerprint density at radius 3 is 2.69 bits per heavy atom. The van der Waals surface area contributed by atoms with Crippen LogP contribution in [0.2, 0.25) is 0 Å². The van der Waals surface area contributed by atoms with Gasteiger partial charge in [0.15, 0.2) is 0 Å². The van der Waals surface area contributed by atoms with Crippen LogP contribution in [-0.4, -0.2) is 45.9 Å². The zero-order valence-electron chi connectivity index (χ0n) is 15.2. The fourth-order valence-corrected chi connectivity index (χ4v) is 4.16. The number of carbonyl (C=O) groups is 2. The van der Waals surface area contributed by atoms with Crippen molar-refractivity contribution in [3.8, 4) is 0 Å². The summed E-state index contributed by atoms with van der Waals surface area (Å²) in [5, 5.41) is 3.40. The Morgan fingerprint density at radius 2 is 1.96 bits per heavy atom. The van der Waals surface area contributed by atoms with E-state index in [-0.39, 0.29) is 30.3 Å². The predicted molar refractivity (Wildman–Crippen MR) is 101 cm³/mol. The van der Waals surface area contributed by atoms with E-state index in [9.17, 15) is 14.4 Å². The Labute approximate surface area is 156 Å². The molecule has 2 aromatic heterocycles. The van der Waals surface area contributed by atoms with E-state index in [0.717, 1.165) is 41.2 Å². The maximum absolute atomic E-state index is 12.6. The van der Waals surface area contributed by atoms with Gasteiger partial charge in [0, 0.05) is 43.9 Å². The first-order valence-corrected chi connectivity index (χ1v) is 9.78. The van der Waals surface area contributed by atoms with Gasteiger partial charge in [0.2, 0.25) is 11.8 Å². The lowest BCUT2D eigenvalue weighted by Gasteiger charge is -2.15. The number of nitrogens with one attached hydrogen (secondary N) is 1. The SMILES string of the molecule is Cc1sc2ncn(CCC(=O)NCCC(=O)N3CCCC3)c(=O)c2c1C. The number of aromatic nitrogens is 2. The van der Waals surface area contributed by atoms with E-state index in [1.54, 1.807) is 0 Å². The van der Waals surface area contributed by atoms with E-state index >= 15 is 0 Å². The standard InChI is InChI=1S/C18H24N4O3S/c1-12-13(2)26-17-16(12)18(25)22(11-20-17)10-6-14(23)19-7-5-15(24)21-8-3-4-9-21/h11H,3-10H2,1-2H3,(H,19,23). The monoisotopic (exact) mass is 376 g/mol. The molecule has 2 aromatic rings.